The summed E-state index contributed by atoms with van der Waals surface area (Å²) in [5, 5.41) is 10.1. The summed E-state index contributed by atoms with van der Waals surface area (Å²) in [6.07, 6.45) is 4.75. The van der Waals surface area contributed by atoms with Crippen LogP contribution in [0.3, 0.4) is 0 Å². The molecule has 22 heavy (non-hydrogen) atoms. The first-order chi connectivity index (χ1) is 10.6. The van der Waals surface area contributed by atoms with E-state index in [1.807, 2.05) is 12.1 Å². The van der Waals surface area contributed by atoms with Crippen molar-refractivity contribution in [1.29, 1.82) is 0 Å². The number of aromatic nitrogens is 3. The molecule has 0 radical (unpaired) electrons. The average molecular weight is 339 g/mol. The Hall–Kier alpha value is -1.10. The SMILES string of the molecule is CN(Cc1cc(Cl)cc(Cl)c1)Cc1nnc2n1CCCCC2. The first kappa shape index (κ1) is 15.8. The van der Waals surface area contributed by atoms with Crippen LogP contribution in [-0.4, -0.2) is 26.7 Å². The van der Waals surface area contributed by atoms with Crippen molar-refractivity contribution in [2.45, 2.75) is 45.3 Å². The van der Waals surface area contributed by atoms with Crippen molar-refractivity contribution in [3.05, 3.63) is 45.5 Å². The molecule has 1 aromatic carbocycles. The number of nitrogens with zero attached hydrogens (tertiary/aromatic N) is 4. The van der Waals surface area contributed by atoms with Gasteiger partial charge in [-0.25, -0.2) is 0 Å². The molecule has 0 amide bonds. The molecule has 0 fully saturated rings. The Morgan fingerprint density at radius 3 is 2.59 bits per heavy atom. The van der Waals surface area contributed by atoms with Gasteiger partial charge in [0.2, 0.25) is 0 Å². The van der Waals surface area contributed by atoms with Crippen molar-refractivity contribution >= 4 is 23.2 Å². The summed E-state index contributed by atoms with van der Waals surface area (Å²) in [4.78, 5) is 2.21. The molecule has 0 bridgehead atoms. The number of hydrogen-bond acceptors (Lipinski definition) is 3. The molecule has 0 saturated carbocycles. The van der Waals surface area contributed by atoms with Crippen molar-refractivity contribution in [3.8, 4) is 0 Å². The van der Waals surface area contributed by atoms with Crippen LogP contribution in [0.5, 0.6) is 0 Å². The second kappa shape index (κ2) is 6.99. The van der Waals surface area contributed by atoms with E-state index in [9.17, 15) is 0 Å². The first-order valence-electron chi connectivity index (χ1n) is 7.66. The Balaban J connectivity index is 1.69. The fraction of sp³-hybridized carbons (Fsp3) is 0.500. The monoisotopic (exact) mass is 338 g/mol. The lowest BCUT2D eigenvalue weighted by atomic mass is 10.2. The van der Waals surface area contributed by atoms with Crippen LogP contribution in [0.2, 0.25) is 10.0 Å². The zero-order valence-electron chi connectivity index (χ0n) is 12.7. The highest BCUT2D eigenvalue weighted by atomic mass is 35.5. The molecule has 0 saturated heterocycles. The molecule has 4 nitrogen and oxygen atoms in total. The van der Waals surface area contributed by atoms with Crippen molar-refractivity contribution in [2.24, 2.45) is 0 Å². The summed E-state index contributed by atoms with van der Waals surface area (Å²) in [7, 11) is 2.08. The van der Waals surface area contributed by atoms with Crippen LogP contribution in [0.15, 0.2) is 18.2 Å². The molecule has 0 aliphatic carbocycles. The molecule has 0 spiro atoms. The second-order valence-electron chi connectivity index (χ2n) is 5.94. The summed E-state index contributed by atoms with van der Waals surface area (Å²) in [5.74, 6) is 2.18. The number of hydrogen-bond donors (Lipinski definition) is 0. The maximum atomic E-state index is 6.06. The molecule has 2 heterocycles. The minimum Gasteiger partial charge on any atom is -0.314 e. The molecule has 0 atom stereocenters. The van der Waals surface area contributed by atoms with E-state index in [1.54, 1.807) is 6.07 Å². The van der Waals surface area contributed by atoms with E-state index in [-0.39, 0.29) is 0 Å². The largest absolute Gasteiger partial charge is 0.314 e. The third kappa shape index (κ3) is 3.80. The predicted molar refractivity (Wildman–Crippen MR) is 89.2 cm³/mol. The van der Waals surface area contributed by atoms with E-state index < -0.39 is 0 Å². The Morgan fingerprint density at radius 2 is 1.82 bits per heavy atom. The molecule has 1 aliphatic heterocycles. The summed E-state index contributed by atoms with van der Waals surface area (Å²) in [6, 6.07) is 5.66. The lowest BCUT2D eigenvalue weighted by Crippen LogP contribution is -2.20. The smallest absolute Gasteiger partial charge is 0.147 e. The molecule has 6 heteroatoms. The molecule has 0 N–H and O–H groups in total. The third-order valence-electron chi connectivity index (χ3n) is 3.97. The van der Waals surface area contributed by atoms with Gasteiger partial charge in [0.1, 0.15) is 11.6 Å². The molecular formula is C16H20Cl2N4. The lowest BCUT2D eigenvalue weighted by Gasteiger charge is -2.17. The third-order valence-corrected chi connectivity index (χ3v) is 4.41. The molecule has 1 aliphatic rings. The average Bonchev–Trinajstić information content (AvgIpc) is 2.67. The van der Waals surface area contributed by atoms with E-state index in [0.29, 0.717) is 10.0 Å². The highest BCUT2D eigenvalue weighted by molar-refractivity contribution is 6.34. The van der Waals surface area contributed by atoms with Gasteiger partial charge in [-0.1, -0.05) is 29.6 Å². The van der Waals surface area contributed by atoms with Crippen LogP contribution in [-0.2, 0) is 26.1 Å². The standard InChI is InChI=1S/C16H20Cl2N4/c1-21(10-12-7-13(17)9-14(18)8-12)11-16-20-19-15-5-3-2-4-6-22(15)16/h7-9H,2-6,10-11H2,1H3. The van der Waals surface area contributed by atoms with Crippen molar-refractivity contribution in [2.75, 3.05) is 7.05 Å². The van der Waals surface area contributed by atoms with Crippen molar-refractivity contribution < 1.29 is 0 Å². The van der Waals surface area contributed by atoms with Gasteiger partial charge in [0, 0.05) is 29.6 Å². The van der Waals surface area contributed by atoms with Crippen LogP contribution in [0.25, 0.3) is 0 Å². The van der Waals surface area contributed by atoms with E-state index >= 15 is 0 Å². The molecule has 118 valence electrons. The quantitative estimate of drug-likeness (QED) is 0.846. The maximum Gasteiger partial charge on any atom is 0.147 e. The fourth-order valence-corrected chi connectivity index (χ4v) is 3.54. The maximum absolute atomic E-state index is 6.06. The number of halogens is 2. The van der Waals surface area contributed by atoms with Gasteiger partial charge in [-0.3, -0.25) is 4.90 Å². The summed E-state index contributed by atoms with van der Waals surface area (Å²) in [5.41, 5.74) is 1.11. The lowest BCUT2D eigenvalue weighted by molar-refractivity contribution is 0.304. The Bertz CT molecular complexity index is 633. The van der Waals surface area contributed by atoms with Gasteiger partial charge in [0.05, 0.1) is 6.54 Å². The highest BCUT2D eigenvalue weighted by Gasteiger charge is 2.16. The molecule has 0 unspecified atom stereocenters. The van der Waals surface area contributed by atoms with E-state index in [1.165, 1.54) is 19.3 Å². The van der Waals surface area contributed by atoms with Gasteiger partial charge in [-0.15, -0.1) is 10.2 Å². The Labute approximate surface area is 141 Å². The first-order valence-corrected chi connectivity index (χ1v) is 8.42. The summed E-state index contributed by atoms with van der Waals surface area (Å²) in [6.45, 7) is 2.59. The summed E-state index contributed by atoms with van der Waals surface area (Å²) < 4.78 is 2.29. The van der Waals surface area contributed by atoms with Crippen LogP contribution >= 0.6 is 23.2 Å². The Kier molecular flexibility index (Phi) is 5.01. The van der Waals surface area contributed by atoms with Crippen LogP contribution in [0.1, 0.15) is 36.5 Å². The van der Waals surface area contributed by atoms with Gasteiger partial charge in [-0.2, -0.15) is 0 Å². The van der Waals surface area contributed by atoms with Gasteiger partial charge >= 0.3 is 0 Å². The number of rotatable bonds is 4. The zero-order valence-corrected chi connectivity index (χ0v) is 14.2. The molecule has 1 aromatic heterocycles. The van der Waals surface area contributed by atoms with Gasteiger partial charge < -0.3 is 4.57 Å². The molecule has 2 aromatic rings. The van der Waals surface area contributed by atoms with Crippen LogP contribution in [0, 0.1) is 0 Å². The minimum absolute atomic E-state index is 0.673. The second-order valence-corrected chi connectivity index (χ2v) is 6.82. The predicted octanol–water partition coefficient (Wildman–Crippen LogP) is 3.94. The highest BCUT2D eigenvalue weighted by Crippen LogP contribution is 2.21. The van der Waals surface area contributed by atoms with Gasteiger partial charge in [-0.05, 0) is 43.7 Å². The number of fused-ring (bicyclic) bond motifs is 1. The zero-order chi connectivity index (χ0) is 15.5. The Morgan fingerprint density at radius 1 is 1.05 bits per heavy atom. The van der Waals surface area contributed by atoms with Crippen LogP contribution < -0.4 is 0 Å². The molecular weight excluding hydrogens is 319 g/mol. The number of aryl methyl sites for hydroxylation is 1. The topological polar surface area (TPSA) is 34.0 Å². The minimum atomic E-state index is 0.673. The van der Waals surface area contributed by atoms with Crippen LogP contribution in [0.4, 0.5) is 0 Å². The number of benzene rings is 1. The van der Waals surface area contributed by atoms with E-state index in [2.05, 4.69) is 26.7 Å². The fourth-order valence-electron chi connectivity index (χ4n) is 2.97. The normalized spacial score (nSPS) is 14.9. The molecule has 3 rings (SSSR count). The van der Waals surface area contributed by atoms with E-state index in [4.69, 9.17) is 23.2 Å². The van der Waals surface area contributed by atoms with Crippen molar-refractivity contribution in [3.63, 3.8) is 0 Å². The van der Waals surface area contributed by atoms with Crippen molar-refractivity contribution in [1.82, 2.24) is 19.7 Å². The summed E-state index contributed by atoms with van der Waals surface area (Å²) >= 11 is 12.1. The van der Waals surface area contributed by atoms with E-state index in [0.717, 1.165) is 43.3 Å². The van der Waals surface area contributed by atoms with Gasteiger partial charge in [0.15, 0.2) is 0 Å². The van der Waals surface area contributed by atoms with Gasteiger partial charge in [0.25, 0.3) is 0 Å².